The monoisotopic (exact) mass is 334 g/mol. The van der Waals surface area contributed by atoms with E-state index in [1.165, 1.54) is 23.9 Å². The third-order valence-corrected chi connectivity index (χ3v) is 3.72. The van der Waals surface area contributed by atoms with E-state index in [2.05, 4.69) is 10.1 Å². The number of hydrogen-bond donors (Lipinski definition) is 1. The van der Waals surface area contributed by atoms with Crippen molar-refractivity contribution in [3.8, 4) is 5.75 Å². The number of alkyl halides is 3. The zero-order valence-electron chi connectivity index (χ0n) is 11.4. The molecule has 2 rings (SSSR count). The molecule has 0 unspecified atom stereocenters. The maximum atomic E-state index is 12.0. The Morgan fingerprint density at radius 3 is 2.55 bits per heavy atom. The third kappa shape index (κ3) is 5.14. The van der Waals surface area contributed by atoms with Crippen LogP contribution in [0.15, 0.2) is 24.3 Å². The number of carbonyl (C=O) groups is 2. The van der Waals surface area contributed by atoms with Gasteiger partial charge in [0.05, 0.1) is 0 Å². The minimum absolute atomic E-state index is 0.0403. The second-order valence-electron chi connectivity index (χ2n) is 4.47. The number of carbonyl (C=O) groups excluding carboxylic acids is 2. The fourth-order valence-corrected chi connectivity index (χ4v) is 2.68. The highest BCUT2D eigenvalue weighted by atomic mass is 32.2. The van der Waals surface area contributed by atoms with Crippen molar-refractivity contribution >= 4 is 28.6 Å². The summed E-state index contributed by atoms with van der Waals surface area (Å²) in [6, 6.07) is 4.86. The number of hydrogen-bond acceptors (Lipinski definition) is 4. The molecule has 2 amide bonds. The van der Waals surface area contributed by atoms with Crippen LogP contribution in [0, 0.1) is 0 Å². The maximum Gasteiger partial charge on any atom is 0.573 e. The van der Waals surface area contributed by atoms with Crippen LogP contribution in [0.2, 0.25) is 0 Å². The van der Waals surface area contributed by atoms with Crippen molar-refractivity contribution in [2.24, 2.45) is 0 Å². The summed E-state index contributed by atoms with van der Waals surface area (Å²) in [5.41, 5.74) is 0.363. The van der Waals surface area contributed by atoms with Crippen molar-refractivity contribution in [2.75, 3.05) is 24.2 Å². The van der Waals surface area contributed by atoms with E-state index >= 15 is 0 Å². The van der Waals surface area contributed by atoms with Gasteiger partial charge in [0.15, 0.2) is 0 Å². The molecule has 22 heavy (non-hydrogen) atoms. The first kappa shape index (κ1) is 16.5. The number of nitrogens with zero attached hydrogens (tertiary/aromatic N) is 1. The van der Waals surface area contributed by atoms with E-state index in [1.807, 2.05) is 0 Å². The SMILES string of the molecule is O=C(CCN1CCSC1=O)Nc1ccc(OC(F)(F)F)cc1. The van der Waals surface area contributed by atoms with Gasteiger partial charge >= 0.3 is 6.36 Å². The van der Waals surface area contributed by atoms with E-state index in [4.69, 9.17) is 0 Å². The van der Waals surface area contributed by atoms with Gasteiger partial charge in [0.2, 0.25) is 5.91 Å². The fourth-order valence-electron chi connectivity index (χ4n) is 1.83. The molecule has 1 heterocycles. The van der Waals surface area contributed by atoms with E-state index in [-0.39, 0.29) is 23.3 Å². The molecule has 0 aromatic heterocycles. The summed E-state index contributed by atoms with van der Waals surface area (Å²) in [6.07, 6.45) is -4.61. The van der Waals surface area contributed by atoms with Crippen LogP contribution in [0.5, 0.6) is 5.75 Å². The highest BCUT2D eigenvalue weighted by Crippen LogP contribution is 2.24. The van der Waals surface area contributed by atoms with E-state index in [1.54, 1.807) is 4.90 Å². The molecule has 1 N–H and O–H groups in total. The van der Waals surface area contributed by atoms with Gasteiger partial charge in [-0.25, -0.2) is 0 Å². The Kier molecular flexibility index (Phi) is 5.17. The summed E-state index contributed by atoms with van der Waals surface area (Å²) in [5.74, 6) is 0.0561. The van der Waals surface area contributed by atoms with Crippen LogP contribution in [0.4, 0.5) is 23.7 Å². The molecule has 0 aliphatic carbocycles. The minimum Gasteiger partial charge on any atom is -0.406 e. The van der Waals surface area contributed by atoms with Crippen LogP contribution < -0.4 is 10.1 Å². The van der Waals surface area contributed by atoms with Crippen molar-refractivity contribution in [1.82, 2.24) is 4.90 Å². The molecule has 1 aromatic carbocycles. The van der Waals surface area contributed by atoms with Gasteiger partial charge in [-0.1, -0.05) is 11.8 Å². The zero-order chi connectivity index (χ0) is 16.2. The second kappa shape index (κ2) is 6.91. The lowest BCUT2D eigenvalue weighted by Gasteiger charge is -2.14. The molecule has 1 saturated heterocycles. The van der Waals surface area contributed by atoms with Gasteiger partial charge in [-0.15, -0.1) is 13.2 Å². The molecule has 5 nitrogen and oxygen atoms in total. The lowest BCUT2D eigenvalue weighted by Crippen LogP contribution is -2.27. The lowest BCUT2D eigenvalue weighted by atomic mass is 10.3. The summed E-state index contributed by atoms with van der Waals surface area (Å²) in [5, 5.41) is 2.51. The molecule has 0 radical (unpaired) electrons. The number of amides is 2. The molecular weight excluding hydrogens is 321 g/mol. The highest BCUT2D eigenvalue weighted by Gasteiger charge is 2.31. The fraction of sp³-hybridized carbons (Fsp3) is 0.385. The molecule has 0 bridgehead atoms. The topological polar surface area (TPSA) is 58.6 Å². The predicted molar refractivity (Wildman–Crippen MR) is 75.8 cm³/mol. The van der Waals surface area contributed by atoms with Crippen molar-refractivity contribution in [3.63, 3.8) is 0 Å². The number of thioether (sulfide) groups is 1. The molecule has 0 saturated carbocycles. The molecule has 1 aliphatic heterocycles. The van der Waals surface area contributed by atoms with Gasteiger partial charge in [0.25, 0.3) is 5.24 Å². The van der Waals surface area contributed by atoms with Gasteiger partial charge in [0, 0.05) is 31.0 Å². The van der Waals surface area contributed by atoms with Crippen LogP contribution in [-0.2, 0) is 4.79 Å². The van der Waals surface area contributed by atoms with E-state index in [0.29, 0.717) is 18.8 Å². The first-order valence-corrected chi connectivity index (χ1v) is 7.39. The Bertz CT molecular complexity index is 548. The van der Waals surface area contributed by atoms with Crippen LogP contribution in [-0.4, -0.2) is 41.3 Å². The zero-order valence-corrected chi connectivity index (χ0v) is 12.2. The smallest absolute Gasteiger partial charge is 0.406 e. The van der Waals surface area contributed by atoms with Crippen molar-refractivity contribution in [1.29, 1.82) is 0 Å². The van der Waals surface area contributed by atoms with E-state index in [0.717, 1.165) is 17.9 Å². The molecule has 0 atom stereocenters. The Morgan fingerprint density at radius 2 is 2.00 bits per heavy atom. The van der Waals surface area contributed by atoms with Gasteiger partial charge in [-0.05, 0) is 24.3 Å². The lowest BCUT2D eigenvalue weighted by molar-refractivity contribution is -0.274. The van der Waals surface area contributed by atoms with Crippen LogP contribution in [0.3, 0.4) is 0 Å². The van der Waals surface area contributed by atoms with Gasteiger partial charge < -0.3 is 15.0 Å². The number of benzene rings is 1. The van der Waals surface area contributed by atoms with Crippen molar-refractivity contribution < 1.29 is 27.5 Å². The molecule has 1 aliphatic rings. The highest BCUT2D eigenvalue weighted by molar-refractivity contribution is 8.13. The van der Waals surface area contributed by atoms with Crippen LogP contribution in [0.1, 0.15) is 6.42 Å². The van der Waals surface area contributed by atoms with Crippen LogP contribution in [0.25, 0.3) is 0 Å². The van der Waals surface area contributed by atoms with Gasteiger partial charge in [0.1, 0.15) is 5.75 Å². The summed E-state index contributed by atoms with van der Waals surface area (Å²) >= 11 is 1.22. The Labute approximate surface area is 128 Å². The first-order chi connectivity index (χ1) is 10.3. The first-order valence-electron chi connectivity index (χ1n) is 6.41. The predicted octanol–water partition coefficient (Wildman–Crippen LogP) is 3.08. The largest absolute Gasteiger partial charge is 0.573 e. The molecule has 1 aromatic rings. The third-order valence-electron chi connectivity index (χ3n) is 2.83. The summed E-state index contributed by atoms with van der Waals surface area (Å²) in [7, 11) is 0. The van der Waals surface area contributed by atoms with E-state index in [9.17, 15) is 22.8 Å². The number of halogens is 3. The second-order valence-corrected chi connectivity index (χ2v) is 5.52. The molecule has 1 fully saturated rings. The Morgan fingerprint density at radius 1 is 1.32 bits per heavy atom. The number of anilines is 1. The van der Waals surface area contributed by atoms with Gasteiger partial charge in [-0.2, -0.15) is 0 Å². The van der Waals surface area contributed by atoms with Crippen molar-refractivity contribution in [3.05, 3.63) is 24.3 Å². The average molecular weight is 334 g/mol. The number of ether oxygens (including phenoxy) is 1. The molecular formula is C13H13F3N2O3S. The van der Waals surface area contributed by atoms with Crippen molar-refractivity contribution in [2.45, 2.75) is 12.8 Å². The number of rotatable bonds is 5. The Balaban J connectivity index is 1.80. The quantitative estimate of drug-likeness (QED) is 0.899. The van der Waals surface area contributed by atoms with Crippen LogP contribution >= 0.6 is 11.8 Å². The molecule has 0 spiro atoms. The van der Waals surface area contributed by atoms with Gasteiger partial charge in [-0.3, -0.25) is 9.59 Å². The normalized spacial score (nSPS) is 15.0. The maximum absolute atomic E-state index is 12.0. The Hall–Kier alpha value is -1.90. The van der Waals surface area contributed by atoms with E-state index < -0.39 is 6.36 Å². The summed E-state index contributed by atoms with van der Waals surface area (Å²) < 4.78 is 39.7. The molecule has 9 heteroatoms. The summed E-state index contributed by atoms with van der Waals surface area (Å²) in [6.45, 7) is 0.952. The number of nitrogens with one attached hydrogen (secondary N) is 1. The standard InChI is InChI=1S/C13H13F3N2O3S/c14-13(15,16)21-10-3-1-9(2-4-10)17-11(19)5-6-18-7-8-22-12(18)20/h1-4H,5-8H2,(H,17,19). The average Bonchev–Trinajstić information content (AvgIpc) is 2.83. The summed E-state index contributed by atoms with van der Waals surface area (Å²) in [4.78, 5) is 24.7. The minimum atomic E-state index is -4.74. The molecule has 120 valence electrons.